The summed E-state index contributed by atoms with van der Waals surface area (Å²) in [6, 6.07) is 0. The molecule has 0 saturated heterocycles. The number of hydrogen-bond donors (Lipinski definition) is 1. The Balaban J connectivity index is 3.17. The van der Waals surface area contributed by atoms with E-state index in [2.05, 4.69) is 18.7 Å². The van der Waals surface area contributed by atoms with Gasteiger partial charge >= 0.3 is 0 Å². The number of aliphatic hydroxyl groups is 1. The third kappa shape index (κ3) is 9.48. The smallest absolute Gasteiger partial charge is 0.0434 e. The second-order valence-corrected chi connectivity index (χ2v) is 2.58. The highest BCUT2D eigenvalue weighted by atomic mass is 16.2. The molecule has 11 heavy (non-hydrogen) atoms. The van der Waals surface area contributed by atoms with Crippen LogP contribution in [0.3, 0.4) is 0 Å². The molecule has 0 fully saturated rings. The zero-order chi connectivity index (χ0) is 8.36. The summed E-state index contributed by atoms with van der Waals surface area (Å²) in [7, 11) is 0. The van der Waals surface area contributed by atoms with Crippen LogP contribution in [-0.2, 0) is 0 Å². The number of aliphatic hydroxyl groups excluding tert-OH is 1. The first-order valence-electron chi connectivity index (χ1n) is 4.42. The SMILES string of the molecule is CCCCC=C=CCCCO. The van der Waals surface area contributed by atoms with Crippen molar-refractivity contribution in [2.45, 2.75) is 39.0 Å². The summed E-state index contributed by atoms with van der Waals surface area (Å²) in [6.45, 7) is 2.47. The van der Waals surface area contributed by atoms with Gasteiger partial charge in [-0.1, -0.05) is 13.3 Å². The third-order valence-corrected chi connectivity index (χ3v) is 1.44. The molecule has 0 aromatic heterocycles. The molecule has 64 valence electrons. The Morgan fingerprint density at radius 1 is 1.18 bits per heavy atom. The van der Waals surface area contributed by atoms with Gasteiger partial charge in [-0.25, -0.2) is 0 Å². The van der Waals surface area contributed by atoms with Gasteiger partial charge in [0, 0.05) is 6.61 Å². The standard InChI is InChI=1S/C10H18O/c1-2-3-4-5-6-7-8-9-10-11/h5,7,11H,2-4,8-10H2,1H3. The molecule has 0 aliphatic rings. The van der Waals surface area contributed by atoms with E-state index in [1.165, 1.54) is 12.8 Å². The molecule has 0 saturated carbocycles. The van der Waals surface area contributed by atoms with Gasteiger partial charge in [-0.3, -0.25) is 0 Å². The minimum absolute atomic E-state index is 0.285. The monoisotopic (exact) mass is 154 g/mol. The number of unbranched alkanes of at least 4 members (excludes halogenated alkanes) is 3. The maximum absolute atomic E-state index is 8.45. The van der Waals surface area contributed by atoms with Crippen LogP contribution in [0.5, 0.6) is 0 Å². The molecule has 0 aliphatic heterocycles. The van der Waals surface area contributed by atoms with Crippen molar-refractivity contribution < 1.29 is 5.11 Å². The predicted octanol–water partition coefficient (Wildman–Crippen LogP) is 2.66. The van der Waals surface area contributed by atoms with E-state index in [1.54, 1.807) is 0 Å². The van der Waals surface area contributed by atoms with E-state index in [-0.39, 0.29) is 6.61 Å². The minimum Gasteiger partial charge on any atom is -0.396 e. The summed E-state index contributed by atoms with van der Waals surface area (Å²) in [5, 5.41) is 8.45. The topological polar surface area (TPSA) is 20.2 Å². The quantitative estimate of drug-likeness (QED) is 0.460. The first-order chi connectivity index (χ1) is 5.41. The van der Waals surface area contributed by atoms with Crippen molar-refractivity contribution in [1.29, 1.82) is 0 Å². The van der Waals surface area contributed by atoms with E-state index in [0.29, 0.717) is 0 Å². The molecule has 1 heteroatoms. The van der Waals surface area contributed by atoms with Crippen LogP contribution in [0.2, 0.25) is 0 Å². The van der Waals surface area contributed by atoms with Gasteiger partial charge in [0.05, 0.1) is 0 Å². The molecule has 0 heterocycles. The lowest BCUT2D eigenvalue weighted by Crippen LogP contribution is -1.77. The average molecular weight is 154 g/mol. The molecule has 0 aromatic rings. The second-order valence-electron chi connectivity index (χ2n) is 2.58. The molecule has 0 aromatic carbocycles. The van der Waals surface area contributed by atoms with Crippen molar-refractivity contribution in [2.75, 3.05) is 6.61 Å². The van der Waals surface area contributed by atoms with Crippen molar-refractivity contribution in [3.63, 3.8) is 0 Å². The molecule has 0 aliphatic carbocycles. The summed E-state index contributed by atoms with van der Waals surface area (Å²) in [6.07, 6.45) is 9.49. The van der Waals surface area contributed by atoms with E-state index in [0.717, 1.165) is 19.3 Å². The van der Waals surface area contributed by atoms with Gasteiger partial charge in [0.25, 0.3) is 0 Å². The lowest BCUT2D eigenvalue weighted by molar-refractivity contribution is 0.289. The maximum Gasteiger partial charge on any atom is 0.0434 e. The van der Waals surface area contributed by atoms with E-state index in [1.807, 2.05) is 6.08 Å². The highest BCUT2D eigenvalue weighted by molar-refractivity contribution is 4.84. The fraction of sp³-hybridized carbons (Fsp3) is 0.700. The van der Waals surface area contributed by atoms with Gasteiger partial charge in [0.15, 0.2) is 0 Å². The molecular weight excluding hydrogens is 136 g/mol. The van der Waals surface area contributed by atoms with Gasteiger partial charge in [-0.15, -0.1) is 5.73 Å². The predicted molar refractivity (Wildman–Crippen MR) is 48.5 cm³/mol. The fourth-order valence-corrected chi connectivity index (χ4v) is 0.750. The van der Waals surface area contributed by atoms with Crippen LogP contribution in [0.25, 0.3) is 0 Å². The molecule has 1 nitrogen and oxygen atoms in total. The van der Waals surface area contributed by atoms with Crippen LogP contribution in [0, 0.1) is 0 Å². The van der Waals surface area contributed by atoms with Crippen LogP contribution in [0.15, 0.2) is 17.9 Å². The van der Waals surface area contributed by atoms with Crippen LogP contribution in [0.1, 0.15) is 39.0 Å². The number of rotatable bonds is 6. The Morgan fingerprint density at radius 3 is 2.36 bits per heavy atom. The van der Waals surface area contributed by atoms with Gasteiger partial charge in [0.2, 0.25) is 0 Å². The molecule has 0 spiro atoms. The molecular formula is C10H18O. The van der Waals surface area contributed by atoms with Crippen LogP contribution < -0.4 is 0 Å². The normalized spacial score (nSPS) is 8.91. The van der Waals surface area contributed by atoms with Crippen molar-refractivity contribution in [1.82, 2.24) is 0 Å². The Kier molecular flexibility index (Phi) is 9.03. The first kappa shape index (κ1) is 10.5. The average Bonchev–Trinajstić information content (AvgIpc) is 2.03. The first-order valence-corrected chi connectivity index (χ1v) is 4.42. The van der Waals surface area contributed by atoms with Gasteiger partial charge in [-0.05, 0) is 37.8 Å². The summed E-state index contributed by atoms with van der Waals surface area (Å²) < 4.78 is 0. The van der Waals surface area contributed by atoms with E-state index in [9.17, 15) is 0 Å². The molecule has 0 rings (SSSR count). The van der Waals surface area contributed by atoms with E-state index < -0.39 is 0 Å². The number of allylic oxidation sites excluding steroid dienone is 1. The van der Waals surface area contributed by atoms with Crippen LogP contribution in [-0.4, -0.2) is 11.7 Å². The summed E-state index contributed by atoms with van der Waals surface area (Å²) in [4.78, 5) is 0. The van der Waals surface area contributed by atoms with E-state index in [4.69, 9.17) is 5.11 Å². The van der Waals surface area contributed by atoms with Crippen molar-refractivity contribution in [2.24, 2.45) is 0 Å². The molecule has 0 radical (unpaired) electrons. The summed E-state index contributed by atoms with van der Waals surface area (Å²) >= 11 is 0. The fourth-order valence-electron chi connectivity index (χ4n) is 0.750. The Labute approximate surface area is 69.4 Å². The summed E-state index contributed by atoms with van der Waals surface area (Å²) in [5.74, 6) is 0. The van der Waals surface area contributed by atoms with E-state index >= 15 is 0 Å². The molecule has 0 atom stereocenters. The molecule has 0 unspecified atom stereocenters. The zero-order valence-corrected chi connectivity index (χ0v) is 7.34. The number of hydrogen-bond acceptors (Lipinski definition) is 1. The maximum atomic E-state index is 8.45. The highest BCUT2D eigenvalue weighted by Crippen LogP contribution is 1.94. The minimum atomic E-state index is 0.285. The Morgan fingerprint density at radius 2 is 1.82 bits per heavy atom. The zero-order valence-electron chi connectivity index (χ0n) is 7.34. The van der Waals surface area contributed by atoms with Crippen molar-refractivity contribution in [3.05, 3.63) is 17.9 Å². The highest BCUT2D eigenvalue weighted by Gasteiger charge is 1.77. The van der Waals surface area contributed by atoms with Gasteiger partial charge < -0.3 is 5.11 Å². The van der Waals surface area contributed by atoms with Gasteiger partial charge in [0.1, 0.15) is 0 Å². The molecule has 1 N–H and O–H groups in total. The Hall–Kier alpha value is -0.520. The lowest BCUT2D eigenvalue weighted by atomic mass is 10.2. The van der Waals surface area contributed by atoms with Gasteiger partial charge in [-0.2, -0.15) is 0 Å². The molecule has 0 amide bonds. The Bertz CT molecular complexity index is 109. The van der Waals surface area contributed by atoms with Crippen LogP contribution >= 0.6 is 0 Å². The lowest BCUT2D eigenvalue weighted by Gasteiger charge is -1.85. The van der Waals surface area contributed by atoms with Crippen molar-refractivity contribution in [3.8, 4) is 0 Å². The second kappa shape index (κ2) is 9.48. The third-order valence-electron chi connectivity index (χ3n) is 1.44. The van der Waals surface area contributed by atoms with Crippen molar-refractivity contribution >= 4 is 0 Å². The molecule has 0 bridgehead atoms. The van der Waals surface area contributed by atoms with Crippen LogP contribution in [0.4, 0.5) is 0 Å². The largest absolute Gasteiger partial charge is 0.396 e. The summed E-state index contributed by atoms with van der Waals surface area (Å²) in [5.41, 5.74) is 3.09.